The summed E-state index contributed by atoms with van der Waals surface area (Å²) in [4.78, 5) is 22.5. The van der Waals surface area contributed by atoms with E-state index in [4.69, 9.17) is 33.2 Å². The maximum Gasteiger partial charge on any atom is 0.402 e. The maximum atomic E-state index is 11.7. The minimum Gasteiger partial charge on any atom is -0.507 e. The van der Waals surface area contributed by atoms with Crippen molar-refractivity contribution in [1.82, 2.24) is 0 Å². The molecule has 272 valence electrons. The summed E-state index contributed by atoms with van der Waals surface area (Å²) in [5.41, 5.74) is -0.387. The second kappa shape index (κ2) is 14.6. The summed E-state index contributed by atoms with van der Waals surface area (Å²) < 4.78 is 32.8. The number of phenols is 4. The number of esters is 1. The van der Waals surface area contributed by atoms with Gasteiger partial charge in [0.25, 0.3) is 0 Å². The SMILES string of the molecule is O=C(O)CC(=O)OC[C@H]1O[C@@H](Oc2cc3c(O)cc(O)cc3[o+]c2-c2cc(O)c(O)c(O[C@@H]3O[C@H](CO)[C@@H](O)[C@H](O)[C@H]3O)c2)[C@H](O)[C@@H](O)[C@@H]1O. The fraction of sp³-hybridized carbons (Fsp3) is 0.433. The average molecular weight is 714 g/mol. The van der Waals surface area contributed by atoms with Crippen LogP contribution < -0.4 is 9.47 Å². The molecule has 2 aliphatic heterocycles. The topological polar surface area (TPSA) is 334 Å². The number of benzene rings is 2. The molecule has 2 aromatic carbocycles. The lowest BCUT2D eigenvalue weighted by molar-refractivity contribution is -0.278. The number of aliphatic hydroxyl groups excluding tert-OH is 7. The van der Waals surface area contributed by atoms with Crippen molar-refractivity contribution in [3.8, 4) is 45.8 Å². The van der Waals surface area contributed by atoms with Crippen LogP contribution in [0.1, 0.15) is 6.42 Å². The van der Waals surface area contributed by atoms with Crippen molar-refractivity contribution in [2.75, 3.05) is 13.2 Å². The van der Waals surface area contributed by atoms with E-state index < -0.39 is 133 Å². The number of ether oxygens (including phenoxy) is 5. The molecule has 20 nitrogen and oxygen atoms in total. The normalized spacial score (nSPS) is 29.7. The molecule has 1 aromatic heterocycles. The number of aliphatic hydroxyl groups is 7. The molecule has 2 saturated heterocycles. The molecule has 3 heterocycles. The van der Waals surface area contributed by atoms with Crippen molar-refractivity contribution in [2.24, 2.45) is 0 Å². The number of hydrogen-bond acceptors (Lipinski definition) is 18. The van der Waals surface area contributed by atoms with Gasteiger partial charge in [-0.3, -0.25) is 9.59 Å². The third-order valence-corrected chi connectivity index (χ3v) is 7.84. The Bertz CT molecular complexity index is 1730. The van der Waals surface area contributed by atoms with Crippen molar-refractivity contribution in [3.63, 3.8) is 0 Å². The quantitative estimate of drug-likeness (QED) is 0.0450. The molecule has 0 amide bonds. The van der Waals surface area contributed by atoms with Crippen molar-refractivity contribution >= 4 is 22.9 Å². The molecule has 3 aromatic rings. The summed E-state index contributed by atoms with van der Waals surface area (Å²) in [6, 6.07) is 5.10. The minimum absolute atomic E-state index is 0.0904. The summed E-state index contributed by atoms with van der Waals surface area (Å²) in [6.07, 6.45) is -19.0. The first-order valence-electron chi connectivity index (χ1n) is 14.7. The van der Waals surface area contributed by atoms with Gasteiger partial charge in [-0.25, -0.2) is 4.42 Å². The van der Waals surface area contributed by atoms with Crippen LogP contribution in [0.5, 0.6) is 34.5 Å². The van der Waals surface area contributed by atoms with Crippen LogP contribution in [-0.4, -0.2) is 148 Å². The maximum absolute atomic E-state index is 11.7. The number of phenolic OH excluding ortho intramolecular Hbond substituents is 4. The molecule has 0 saturated carbocycles. The van der Waals surface area contributed by atoms with Crippen molar-refractivity contribution in [2.45, 2.75) is 67.8 Å². The number of aromatic hydroxyl groups is 4. The van der Waals surface area contributed by atoms with E-state index in [1.54, 1.807) is 0 Å². The Morgan fingerprint density at radius 3 is 1.94 bits per heavy atom. The Kier molecular flexibility index (Phi) is 10.7. The number of aliphatic carboxylic acids is 1. The Balaban J connectivity index is 1.53. The van der Waals surface area contributed by atoms with Gasteiger partial charge in [-0.15, -0.1) is 0 Å². The molecule has 0 aliphatic carbocycles. The number of rotatable bonds is 10. The van der Waals surface area contributed by atoms with Crippen LogP contribution in [0.3, 0.4) is 0 Å². The first kappa shape index (κ1) is 36.5. The van der Waals surface area contributed by atoms with Crippen LogP contribution in [0.25, 0.3) is 22.3 Å². The molecule has 0 radical (unpaired) electrons. The minimum atomic E-state index is -1.99. The second-order valence-corrected chi connectivity index (χ2v) is 11.4. The predicted octanol–water partition coefficient (Wildman–Crippen LogP) is -2.41. The van der Waals surface area contributed by atoms with Crippen LogP contribution in [0, 0.1) is 0 Å². The Hall–Kier alpha value is -4.77. The highest BCUT2D eigenvalue weighted by Crippen LogP contribution is 2.46. The zero-order chi connectivity index (χ0) is 36.6. The molecule has 10 atom stereocenters. The van der Waals surface area contributed by atoms with E-state index in [-0.39, 0.29) is 16.5 Å². The van der Waals surface area contributed by atoms with Gasteiger partial charge in [0.15, 0.2) is 11.5 Å². The predicted molar refractivity (Wildman–Crippen MR) is 158 cm³/mol. The van der Waals surface area contributed by atoms with E-state index in [0.29, 0.717) is 0 Å². The van der Waals surface area contributed by atoms with E-state index in [9.17, 15) is 65.8 Å². The number of hydrogen-bond donors (Lipinski definition) is 12. The summed E-state index contributed by atoms with van der Waals surface area (Å²) in [7, 11) is 0. The Morgan fingerprint density at radius 2 is 1.32 bits per heavy atom. The molecular weight excluding hydrogens is 680 g/mol. The van der Waals surface area contributed by atoms with Gasteiger partial charge < -0.3 is 85.0 Å². The molecule has 2 fully saturated rings. The molecule has 0 unspecified atom stereocenters. The zero-order valence-electron chi connectivity index (χ0n) is 25.4. The summed E-state index contributed by atoms with van der Waals surface area (Å²) in [6.45, 7) is -1.58. The lowest BCUT2D eigenvalue weighted by Gasteiger charge is -2.39. The van der Waals surface area contributed by atoms with Crippen LogP contribution in [0.4, 0.5) is 0 Å². The van der Waals surface area contributed by atoms with E-state index >= 15 is 0 Å². The van der Waals surface area contributed by atoms with Gasteiger partial charge in [0, 0.05) is 24.3 Å². The van der Waals surface area contributed by atoms with E-state index in [1.807, 2.05) is 0 Å². The average Bonchev–Trinajstić information content (AvgIpc) is 3.06. The fourth-order valence-corrected chi connectivity index (χ4v) is 5.20. The molecule has 12 N–H and O–H groups in total. The van der Waals surface area contributed by atoms with Gasteiger partial charge in [-0.05, 0) is 0 Å². The standard InChI is InChI=1S/C30H32O20/c31-7-17-22(39)24(41)26(43)29(49-17)47-15-2-9(1-13(34)21(15)38)28-16(5-11-12(33)3-10(32)4-14(11)46-28)48-30-27(44)25(42)23(40)18(50-30)8-45-20(37)6-19(35)36/h1-5,17-18,22-27,29-31,39-44H,6-8H2,(H4-,32,33,34,35,36,38)/p+1/t17-,18-,22-,23-,24+,25+,26-,27-,29-,30-/m1/s1. The smallest absolute Gasteiger partial charge is 0.402 e. The van der Waals surface area contributed by atoms with Crippen LogP contribution in [0.2, 0.25) is 0 Å². The highest BCUT2D eigenvalue weighted by molar-refractivity contribution is 5.90. The third-order valence-electron chi connectivity index (χ3n) is 7.84. The Labute approximate surface area is 279 Å². The summed E-state index contributed by atoms with van der Waals surface area (Å²) >= 11 is 0. The molecule has 0 spiro atoms. The Morgan fingerprint density at radius 1 is 0.720 bits per heavy atom. The summed E-state index contributed by atoms with van der Waals surface area (Å²) in [5, 5.41) is 122. The molecule has 2 aliphatic rings. The third kappa shape index (κ3) is 7.38. The van der Waals surface area contributed by atoms with Crippen LogP contribution >= 0.6 is 0 Å². The fourth-order valence-electron chi connectivity index (χ4n) is 5.20. The molecule has 50 heavy (non-hydrogen) atoms. The molecular formula is C30H33O20+. The lowest BCUT2D eigenvalue weighted by Crippen LogP contribution is -2.60. The van der Waals surface area contributed by atoms with Crippen molar-refractivity contribution in [3.05, 3.63) is 30.3 Å². The number of carboxylic acid groups (broad SMARTS) is 1. The zero-order valence-corrected chi connectivity index (χ0v) is 25.4. The van der Waals surface area contributed by atoms with E-state index in [2.05, 4.69) is 0 Å². The van der Waals surface area contributed by atoms with Gasteiger partial charge in [-0.1, -0.05) is 0 Å². The monoisotopic (exact) mass is 713 g/mol. The van der Waals surface area contributed by atoms with Crippen LogP contribution in [0.15, 0.2) is 34.7 Å². The first-order valence-corrected chi connectivity index (χ1v) is 14.7. The van der Waals surface area contributed by atoms with Gasteiger partial charge in [0.05, 0.1) is 18.2 Å². The number of carbonyl (C=O) groups excluding carboxylic acids is 1. The highest BCUT2D eigenvalue weighted by atomic mass is 16.7. The highest BCUT2D eigenvalue weighted by Gasteiger charge is 2.47. The van der Waals surface area contributed by atoms with E-state index in [0.717, 1.165) is 30.3 Å². The molecule has 0 bridgehead atoms. The van der Waals surface area contributed by atoms with E-state index in [1.165, 1.54) is 0 Å². The van der Waals surface area contributed by atoms with Gasteiger partial charge in [0.1, 0.15) is 78.7 Å². The lowest BCUT2D eigenvalue weighted by atomic mass is 9.99. The first-order chi connectivity index (χ1) is 23.6. The van der Waals surface area contributed by atoms with Gasteiger partial charge in [-0.2, -0.15) is 0 Å². The summed E-state index contributed by atoms with van der Waals surface area (Å²) in [5.74, 6) is -6.86. The van der Waals surface area contributed by atoms with Crippen molar-refractivity contribution in [1.29, 1.82) is 0 Å². The van der Waals surface area contributed by atoms with Gasteiger partial charge in [0.2, 0.25) is 24.1 Å². The molecule has 20 heteroatoms. The van der Waals surface area contributed by atoms with Crippen LogP contribution in [-0.2, 0) is 23.8 Å². The largest absolute Gasteiger partial charge is 0.507 e. The second-order valence-electron chi connectivity index (χ2n) is 11.4. The number of fused-ring (bicyclic) bond motifs is 1. The van der Waals surface area contributed by atoms with Crippen molar-refractivity contribution < 1.29 is 99.0 Å². The molecule has 5 rings (SSSR count). The number of carbonyl (C=O) groups is 2. The van der Waals surface area contributed by atoms with Gasteiger partial charge >= 0.3 is 23.3 Å². The number of carboxylic acids is 1.